The van der Waals surface area contributed by atoms with E-state index in [2.05, 4.69) is 32.0 Å². The third-order valence-electron chi connectivity index (χ3n) is 3.59. The molecule has 2 nitrogen and oxygen atoms in total. The monoisotopic (exact) mass is 218 g/mol. The molecule has 2 heteroatoms. The zero-order chi connectivity index (χ0) is 11.2. The summed E-state index contributed by atoms with van der Waals surface area (Å²) in [6.45, 7) is 4.39. The Morgan fingerprint density at radius 1 is 1.06 bits per heavy atom. The lowest BCUT2D eigenvalue weighted by molar-refractivity contribution is -0.0716. The highest BCUT2D eigenvalue weighted by Crippen LogP contribution is 2.47. The Morgan fingerprint density at radius 2 is 1.75 bits per heavy atom. The zero-order valence-electron chi connectivity index (χ0n) is 9.95. The summed E-state index contributed by atoms with van der Waals surface area (Å²) in [7, 11) is 0. The van der Waals surface area contributed by atoms with E-state index in [0.717, 1.165) is 24.3 Å². The van der Waals surface area contributed by atoms with Crippen LogP contribution in [0.5, 0.6) is 11.5 Å². The van der Waals surface area contributed by atoms with Crippen molar-refractivity contribution in [1.29, 1.82) is 0 Å². The number of rotatable bonds is 1. The maximum Gasteiger partial charge on any atom is 0.251 e. The second-order valence-corrected chi connectivity index (χ2v) is 5.18. The fourth-order valence-corrected chi connectivity index (χ4v) is 2.59. The van der Waals surface area contributed by atoms with E-state index in [1.54, 1.807) is 0 Å². The number of benzene rings is 1. The first-order valence-electron chi connectivity index (χ1n) is 6.21. The Labute approximate surface area is 96.6 Å². The smallest absolute Gasteiger partial charge is 0.251 e. The molecule has 0 N–H and O–H groups in total. The molecule has 1 saturated carbocycles. The van der Waals surface area contributed by atoms with E-state index in [1.165, 1.54) is 18.4 Å². The summed E-state index contributed by atoms with van der Waals surface area (Å²) in [4.78, 5) is 0. The Kier molecular flexibility index (Phi) is 2.13. The lowest BCUT2D eigenvalue weighted by Gasteiger charge is -2.21. The predicted octanol–water partition coefficient (Wildman–Crippen LogP) is 3.85. The molecule has 1 spiro atoms. The van der Waals surface area contributed by atoms with E-state index < -0.39 is 0 Å². The maximum atomic E-state index is 6.02. The Balaban J connectivity index is 1.91. The molecule has 0 unspecified atom stereocenters. The lowest BCUT2D eigenvalue weighted by Crippen LogP contribution is -2.34. The van der Waals surface area contributed by atoms with E-state index >= 15 is 0 Å². The van der Waals surface area contributed by atoms with E-state index in [9.17, 15) is 0 Å². The first kappa shape index (κ1) is 10.0. The third kappa shape index (κ3) is 1.48. The summed E-state index contributed by atoms with van der Waals surface area (Å²) in [5, 5.41) is 0. The van der Waals surface area contributed by atoms with Crippen molar-refractivity contribution in [2.24, 2.45) is 0 Å². The van der Waals surface area contributed by atoms with Gasteiger partial charge in [0.15, 0.2) is 11.5 Å². The van der Waals surface area contributed by atoms with Crippen LogP contribution in [0, 0.1) is 0 Å². The van der Waals surface area contributed by atoms with Gasteiger partial charge in [-0.25, -0.2) is 0 Å². The number of fused-ring (bicyclic) bond motifs is 1. The second-order valence-electron chi connectivity index (χ2n) is 5.18. The highest BCUT2D eigenvalue weighted by atomic mass is 16.7. The van der Waals surface area contributed by atoms with E-state index in [1.807, 2.05) is 0 Å². The summed E-state index contributed by atoms with van der Waals surface area (Å²) in [5.74, 6) is 2.08. The molecule has 1 fully saturated rings. The van der Waals surface area contributed by atoms with Gasteiger partial charge in [0.25, 0.3) is 5.79 Å². The average molecular weight is 218 g/mol. The Morgan fingerprint density at radius 3 is 2.44 bits per heavy atom. The van der Waals surface area contributed by atoms with Crippen molar-refractivity contribution in [2.45, 2.75) is 51.2 Å². The van der Waals surface area contributed by atoms with Gasteiger partial charge in [0.2, 0.25) is 0 Å². The van der Waals surface area contributed by atoms with Crippen LogP contribution in [-0.2, 0) is 0 Å². The van der Waals surface area contributed by atoms with Crippen LogP contribution in [0.2, 0.25) is 0 Å². The summed E-state index contributed by atoms with van der Waals surface area (Å²) < 4.78 is 12.0. The first-order valence-corrected chi connectivity index (χ1v) is 6.21. The van der Waals surface area contributed by atoms with E-state index in [0.29, 0.717) is 5.92 Å². The summed E-state index contributed by atoms with van der Waals surface area (Å²) in [5.41, 5.74) is 1.32. The van der Waals surface area contributed by atoms with Crippen molar-refractivity contribution >= 4 is 0 Å². The molecule has 1 aromatic rings. The highest BCUT2D eigenvalue weighted by molar-refractivity contribution is 5.46. The van der Waals surface area contributed by atoms with Crippen molar-refractivity contribution in [3.63, 3.8) is 0 Å². The molecule has 0 aromatic heterocycles. The Bertz CT molecular complexity index is 403. The molecule has 1 aromatic carbocycles. The third-order valence-corrected chi connectivity index (χ3v) is 3.59. The van der Waals surface area contributed by atoms with Crippen molar-refractivity contribution in [3.8, 4) is 11.5 Å². The van der Waals surface area contributed by atoms with Gasteiger partial charge in [-0.1, -0.05) is 19.9 Å². The summed E-state index contributed by atoms with van der Waals surface area (Å²) in [6, 6.07) is 6.33. The number of hydrogen-bond acceptors (Lipinski definition) is 2. The molecule has 3 rings (SSSR count). The molecule has 16 heavy (non-hydrogen) atoms. The van der Waals surface area contributed by atoms with Gasteiger partial charge < -0.3 is 9.47 Å². The van der Waals surface area contributed by atoms with Crippen LogP contribution >= 0.6 is 0 Å². The van der Waals surface area contributed by atoms with Crippen molar-refractivity contribution in [2.75, 3.05) is 0 Å². The highest BCUT2D eigenvalue weighted by Gasteiger charge is 2.43. The largest absolute Gasteiger partial charge is 0.448 e. The van der Waals surface area contributed by atoms with Crippen molar-refractivity contribution < 1.29 is 9.47 Å². The molecule has 0 radical (unpaired) electrons. The normalized spacial score (nSPS) is 20.9. The van der Waals surface area contributed by atoms with Gasteiger partial charge in [0, 0.05) is 12.8 Å². The SMILES string of the molecule is CC(C)c1ccc2c(c1)OC1(CCCC1)O2. The fourth-order valence-electron chi connectivity index (χ4n) is 2.59. The van der Waals surface area contributed by atoms with Crippen LogP contribution in [0.3, 0.4) is 0 Å². The quantitative estimate of drug-likeness (QED) is 0.712. The van der Waals surface area contributed by atoms with Crippen LogP contribution in [0.15, 0.2) is 18.2 Å². The van der Waals surface area contributed by atoms with Crippen molar-refractivity contribution in [3.05, 3.63) is 23.8 Å². The van der Waals surface area contributed by atoms with Gasteiger partial charge in [0.1, 0.15) is 0 Å². The van der Waals surface area contributed by atoms with Gasteiger partial charge in [-0.2, -0.15) is 0 Å². The minimum absolute atomic E-state index is 0.321. The molecule has 0 amide bonds. The molecule has 2 aliphatic rings. The minimum atomic E-state index is -0.321. The molecular formula is C14H18O2. The Hall–Kier alpha value is -1.18. The van der Waals surface area contributed by atoms with Gasteiger partial charge in [-0.15, -0.1) is 0 Å². The standard InChI is InChI=1S/C14H18O2/c1-10(2)11-5-6-12-13(9-11)16-14(15-12)7-3-4-8-14/h5-6,9-10H,3-4,7-8H2,1-2H3. The summed E-state index contributed by atoms with van der Waals surface area (Å²) in [6.07, 6.45) is 4.48. The van der Waals surface area contributed by atoms with Gasteiger partial charge >= 0.3 is 0 Å². The average Bonchev–Trinajstić information content (AvgIpc) is 2.84. The number of ether oxygens (including phenoxy) is 2. The molecular weight excluding hydrogens is 200 g/mol. The van der Waals surface area contributed by atoms with Crippen LogP contribution in [0.4, 0.5) is 0 Å². The molecule has 0 bridgehead atoms. The van der Waals surface area contributed by atoms with E-state index in [4.69, 9.17) is 9.47 Å². The zero-order valence-corrected chi connectivity index (χ0v) is 9.95. The summed E-state index contributed by atoms with van der Waals surface area (Å²) >= 11 is 0. The van der Waals surface area contributed by atoms with Crippen LogP contribution in [-0.4, -0.2) is 5.79 Å². The second kappa shape index (κ2) is 3.41. The molecule has 86 valence electrons. The topological polar surface area (TPSA) is 18.5 Å². The van der Waals surface area contributed by atoms with Gasteiger partial charge in [-0.3, -0.25) is 0 Å². The minimum Gasteiger partial charge on any atom is -0.448 e. The molecule has 0 atom stereocenters. The predicted molar refractivity (Wildman–Crippen MR) is 63.0 cm³/mol. The molecule has 1 aliphatic heterocycles. The maximum absolute atomic E-state index is 6.02. The number of hydrogen-bond donors (Lipinski definition) is 0. The van der Waals surface area contributed by atoms with Crippen LogP contribution < -0.4 is 9.47 Å². The molecule has 1 heterocycles. The van der Waals surface area contributed by atoms with Crippen LogP contribution in [0.1, 0.15) is 51.0 Å². The fraction of sp³-hybridized carbons (Fsp3) is 0.571. The van der Waals surface area contributed by atoms with Gasteiger partial charge in [-0.05, 0) is 36.5 Å². The lowest BCUT2D eigenvalue weighted by atomic mass is 10.0. The van der Waals surface area contributed by atoms with E-state index in [-0.39, 0.29) is 5.79 Å². The first-order chi connectivity index (χ1) is 7.69. The van der Waals surface area contributed by atoms with Crippen molar-refractivity contribution in [1.82, 2.24) is 0 Å². The van der Waals surface area contributed by atoms with Crippen LogP contribution in [0.25, 0.3) is 0 Å². The van der Waals surface area contributed by atoms with Gasteiger partial charge in [0.05, 0.1) is 0 Å². The molecule has 0 saturated heterocycles. The molecule has 1 aliphatic carbocycles.